The molecule has 1 saturated heterocycles. The molecule has 96 valence electrons. The van der Waals surface area contributed by atoms with E-state index < -0.39 is 5.60 Å². The van der Waals surface area contributed by atoms with Crippen LogP contribution in [0.4, 0.5) is 4.79 Å². The number of ketones is 1. The standard InChI is InChI=1S/C13H21NO3/c1-8(15)10-9-6-5-7-14(11(9)10)12(16)17-13(2,3)4/h9-11H,5-7H2,1-4H3/t9-,10?,11-/m1/s1. The lowest BCUT2D eigenvalue weighted by molar-refractivity contribution is -0.118. The first-order valence-electron chi connectivity index (χ1n) is 6.31. The fraction of sp³-hybridized carbons (Fsp3) is 0.846. The minimum absolute atomic E-state index is 0.0602. The number of carbonyl (C=O) groups excluding carboxylic acids is 2. The molecule has 2 fully saturated rings. The summed E-state index contributed by atoms with van der Waals surface area (Å²) in [7, 11) is 0. The van der Waals surface area contributed by atoms with E-state index in [1.54, 1.807) is 11.8 Å². The summed E-state index contributed by atoms with van der Waals surface area (Å²) in [6.45, 7) is 7.93. The molecule has 1 aliphatic carbocycles. The third-order valence-electron chi connectivity index (χ3n) is 3.52. The third kappa shape index (κ3) is 2.45. The second-order valence-corrected chi connectivity index (χ2v) is 6.11. The van der Waals surface area contributed by atoms with Crippen molar-refractivity contribution in [2.45, 2.75) is 52.2 Å². The molecule has 1 unspecified atom stereocenters. The lowest BCUT2D eigenvalue weighted by Gasteiger charge is -2.29. The predicted molar refractivity (Wildman–Crippen MR) is 63.6 cm³/mol. The summed E-state index contributed by atoms with van der Waals surface area (Å²) < 4.78 is 5.38. The van der Waals surface area contributed by atoms with Gasteiger partial charge in [-0.15, -0.1) is 0 Å². The zero-order valence-electron chi connectivity index (χ0n) is 11.0. The van der Waals surface area contributed by atoms with E-state index in [0.717, 1.165) is 19.4 Å². The molecule has 4 heteroatoms. The number of nitrogens with zero attached hydrogens (tertiary/aromatic N) is 1. The Morgan fingerprint density at radius 3 is 2.47 bits per heavy atom. The molecule has 2 rings (SSSR count). The minimum atomic E-state index is -0.468. The van der Waals surface area contributed by atoms with Gasteiger partial charge in [-0.1, -0.05) is 0 Å². The Morgan fingerprint density at radius 2 is 1.94 bits per heavy atom. The van der Waals surface area contributed by atoms with E-state index in [0.29, 0.717) is 5.92 Å². The van der Waals surface area contributed by atoms with Crippen LogP contribution < -0.4 is 0 Å². The Hall–Kier alpha value is -1.06. The van der Waals surface area contributed by atoms with Gasteiger partial charge in [0.05, 0.1) is 0 Å². The molecule has 0 aromatic heterocycles. The predicted octanol–water partition coefficient (Wildman–Crippen LogP) is 2.22. The molecular formula is C13H21NO3. The first-order valence-corrected chi connectivity index (χ1v) is 6.31. The number of ether oxygens (including phenoxy) is 1. The van der Waals surface area contributed by atoms with Crippen LogP contribution in [0.2, 0.25) is 0 Å². The Balaban J connectivity index is 2.02. The molecule has 0 N–H and O–H groups in total. The van der Waals surface area contributed by atoms with E-state index >= 15 is 0 Å². The maximum Gasteiger partial charge on any atom is 0.410 e. The third-order valence-corrected chi connectivity index (χ3v) is 3.52. The quantitative estimate of drug-likeness (QED) is 0.705. The van der Waals surface area contributed by atoms with Crippen molar-refractivity contribution in [1.82, 2.24) is 4.90 Å². The number of hydrogen-bond acceptors (Lipinski definition) is 3. The van der Waals surface area contributed by atoms with Gasteiger partial charge in [0.25, 0.3) is 0 Å². The maximum absolute atomic E-state index is 12.0. The maximum atomic E-state index is 12.0. The molecule has 0 aromatic carbocycles. The summed E-state index contributed by atoms with van der Waals surface area (Å²) in [5.74, 6) is 0.647. The zero-order valence-corrected chi connectivity index (χ0v) is 11.0. The minimum Gasteiger partial charge on any atom is -0.444 e. The van der Waals surface area contributed by atoms with E-state index in [4.69, 9.17) is 4.74 Å². The summed E-state index contributed by atoms with van der Waals surface area (Å²) in [5.41, 5.74) is -0.468. The molecule has 0 radical (unpaired) electrons. The summed E-state index contributed by atoms with van der Waals surface area (Å²) in [5, 5.41) is 0. The molecule has 2 aliphatic rings. The van der Waals surface area contributed by atoms with Gasteiger partial charge < -0.3 is 9.64 Å². The van der Waals surface area contributed by atoms with Crippen molar-refractivity contribution in [2.24, 2.45) is 11.8 Å². The molecule has 4 nitrogen and oxygen atoms in total. The second kappa shape index (κ2) is 4.00. The lowest BCUT2D eigenvalue weighted by Crippen LogP contribution is -2.41. The fourth-order valence-electron chi connectivity index (χ4n) is 2.85. The molecule has 0 spiro atoms. The first kappa shape index (κ1) is 12.4. The first-order chi connectivity index (χ1) is 7.81. The van der Waals surface area contributed by atoms with Gasteiger partial charge >= 0.3 is 6.09 Å². The SMILES string of the molecule is CC(=O)C1[C@H]2CCCN(C(=O)OC(C)(C)C)[C@@H]12. The molecule has 1 heterocycles. The van der Waals surface area contributed by atoms with Crippen LogP contribution in [0.3, 0.4) is 0 Å². The normalized spacial score (nSPS) is 31.8. The Labute approximate surface area is 102 Å². The molecule has 3 atom stereocenters. The average molecular weight is 239 g/mol. The van der Waals surface area contributed by atoms with E-state index in [1.165, 1.54) is 0 Å². The van der Waals surface area contributed by atoms with Crippen LogP contribution in [0.15, 0.2) is 0 Å². The van der Waals surface area contributed by atoms with Crippen molar-refractivity contribution in [3.05, 3.63) is 0 Å². The number of Topliss-reactive ketones (excluding diaryl/α,β-unsaturated/α-hetero) is 1. The molecule has 1 saturated carbocycles. The van der Waals surface area contributed by atoms with Crippen LogP contribution in [0.25, 0.3) is 0 Å². The largest absolute Gasteiger partial charge is 0.444 e. The zero-order chi connectivity index (χ0) is 12.8. The number of carbonyl (C=O) groups is 2. The highest BCUT2D eigenvalue weighted by atomic mass is 16.6. The Bertz CT molecular complexity index is 345. The van der Waals surface area contributed by atoms with Crippen LogP contribution in [-0.2, 0) is 9.53 Å². The van der Waals surface area contributed by atoms with Crippen molar-refractivity contribution >= 4 is 11.9 Å². The number of hydrogen-bond donors (Lipinski definition) is 0. The van der Waals surface area contributed by atoms with Crippen LogP contribution in [0, 0.1) is 11.8 Å². The summed E-state index contributed by atoms with van der Waals surface area (Å²) in [4.78, 5) is 25.2. The van der Waals surface area contributed by atoms with Crippen molar-refractivity contribution in [3.8, 4) is 0 Å². The van der Waals surface area contributed by atoms with E-state index in [-0.39, 0.29) is 23.8 Å². The van der Waals surface area contributed by atoms with Crippen LogP contribution >= 0.6 is 0 Å². The van der Waals surface area contributed by atoms with E-state index in [9.17, 15) is 9.59 Å². The van der Waals surface area contributed by atoms with Gasteiger partial charge in [0, 0.05) is 18.5 Å². The van der Waals surface area contributed by atoms with E-state index in [2.05, 4.69) is 0 Å². The highest BCUT2D eigenvalue weighted by Crippen LogP contribution is 2.50. The van der Waals surface area contributed by atoms with Gasteiger partial charge in [-0.3, -0.25) is 4.79 Å². The fourth-order valence-corrected chi connectivity index (χ4v) is 2.85. The van der Waals surface area contributed by atoms with Gasteiger partial charge in [0.1, 0.15) is 11.4 Å². The summed E-state index contributed by atoms with van der Waals surface area (Å²) in [6, 6.07) is 0.107. The molecular weight excluding hydrogens is 218 g/mol. The number of piperidine rings is 1. The average Bonchev–Trinajstić information content (AvgIpc) is 2.87. The Morgan fingerprint density at radius 1 is 1.29 bits per heavy atom. The molecule has 1 amide bonds. The van der Waals surface area contributed by atoms with Gasteiger partial charge in [-0.25, -0.2) is 4.79 Å². The van der Waals surface area contributed by atoms with Crippen LogP contribution in [0.1, 0.15) is 40.5 Å². The number of rotatable bonds is 1. The van der Waals surface area contributed by atoms with Gasteiger partial charge in [-0.2, -0.15) is 0 Å². The Kier molecular flexibility index (Phi) is 2.92. The monoisotopic (exact) mass is 239 g/mol. The summed E-state index contributed by atoms with van der Waals surface area (Å²) >= 11 is 0. The molecule has 0 aromatic rings. The van der Waals surface area contributed by atoms with Crippen molar-refractivity contribution in [3.63, 3.8) is 0 Å². The van der Waals surface area contributed by atoms with Gasteiger partial charge in [-0.05, 0) is 46.5 Å². The lowest BCUT2D eigenvalue weighted by atomic mass is 10.1. The van der Waals surface area contributed by atoms with Gasteiger partial charge in [0.2, 0.25) is 0 Å². The highest BCUT2D eigenvalue weighted by molar-refractivity contribution is 5.84. The number of likely N-dealkylation sites (tertiary alicyclic amines) is 1. The van der Waals surface area contributed by atoms with Crippen LogP contribution in [0.5, 0.6) is 0 Å². The van der Waals surface area contributed by atoms with Gasteiger partial charge in [0.15, 0.2) is 0 Å². The number of amides is 1. The number of fused-ring (bicyclic) bond motifs is 1. The highest BCUT2D eigenvalue weighted by Gasteiger charge is 2.59. The van der Waals surface area contributed by atoms with Crippen molar-refractivity contribution in [1.29, 1.82) is 0 Å². The van der Waals surface area contributed by atoms with Crippen LogP contribution in [-0.4, -0.2) is 35.0 Å². The summed E-state index contributed by atoms with van der Waals surface area (Å²) in [6.07, 6.45) is 1.77. The molecule has 0 bridgehead atoms. The molecule has 1 aliphatic heterocycles. The smallest absolute Gasteiger partial charge is 0.410 e. The second-order valence-electron chi connectivity index (χ2n) is 6.11. The molecule has 17 heavy (non-hydrogen) atoms. The topological polar surface area (TPSA) is 46.6 Å². The van der Waals surface area contributed by atoms with Crippen molar-refractivity contribution in [2.75, 3.05) is 6.54 Å². The van der Waals surface area contributed by atoms with Crippen molar-refractivity contribution < 1.29 is 14.3 Å². The van der Waals surface area contributed by atoms with E-state index in [1.807, 2.05) is 20.8 Å².